The number of methoxy groups -OCH3 is 1. The van der Waals surface area contributed by atoms with Crippen LogP contribution in [-0.2, 0) is 26.2 Å². The Morgan fingerprint density at radius 1 is 1.00 bits per heavy atom. The Hall–Kier alpha value is -3.34. The van der Waals surface area contributed by atoms with Gasteiger partial charge in [0, 0.05) is 28.2 Å². The number of nitrogens with zero attached hydrogens (tertiary/aromatic N) is 2. The van der Waals surface area contributed by atoms with E-state index in [4.69, 9.17) is 27.9 Å². The van der Waals surface area contributed by atoms with Gasteiger partial charge in [0.15, 0.2) is 0 Å². The molecule has 42 heavy (non-hydrogen) atoms. The Balaban J connectivity index is 1.71. The number of carbonyl (C=O) groups is 2. The number of carbonyl (C=O) groups excluding carboxylic acids is 2. The van der Waals surface area contributed by atoms with Crippen LogP contribution in [0.3, 0.4) is 0 Å². The molecule has 4 rings (SSSR count). The van der Waals surface area contributed by atoms with E-state index in [1.165, 1.54) is 48.4 Å². The normalized spacial score (nSPS) is 14.3. The summed E-state index contributed by atoms with van der Waals surface area (Å²) in [6, 6.07) is 14.4. The molecule has 1 atom stereocenters. The van der Waals surface area contributed by atoms with Crippen LogP contribution in [0.2, 0.25) is 10.0 Å². The molecule has 2 amide bonds. The number of sulfonamides is 1. The number of halogens is 3. The molecule has 1 fully saturated rings. The summed E-state index contributed by atoms with van der Waals surface area (Å²) < 4.78 is 47.6. The highest BCUT2D eigenvalue weighted by Gasteiger charge is 2.34. The van der Waals surface area contributed by atoms with E-state index in [0.29, 0.717) is 21.4 Å². The molecule has 0 aromatic heterocycles. The van der Waals surface area contributed by atoms with Crippen molar-refractivity contribution in [2.45, 2.75) is 56.1 Å². The number of rotatable bonds is 11. The highest BCUT2D eigenvalue weighted by Crippen LogP contribution is 2.29. The van der Waals surface area contributed by atoms with Crippen molar-refractivity contribution >= 4 is 50.7 Å². The van der Waals surface area contributed by atoms with Crippen molar-refractivity contribution in [2.75, 3.05) is 18.0 Å². The van der Waals surface area contributed by atoms with Crippen LogP contribution in [-0.4, -0.2) is 50.9 Å². The summed E-state index contributed by atoms with van der Waals surface area (Å²) in [5.74, 6) is -1.17. The molecule has 8 nitrogen and oxygen atoms in total. The molecule has 1 saturated carbocycles. The van der Waals surface area contributed by atoms with E-state index >= 15 is 0 Å². The van der Waals surface area contributed by atoms with Gasteiger partial charge in [-0.05, 0) is 80.4 Å². The Bertz CT molecular complexity index is 1490. The lowest BCUT2D eigenvalue weighted by Gasteiger charge is -2.33. The molecular formula is C30H32Cl2FN3O5S. The van der Waals surface area contributed by atoms with Gasteiger partial charge in [0.05, 0.1) is 17.7 Å². The fraction of sp³-hybridized carbons (Fsp3) is 0.333. The molecule has 1 aliphatic carbocycles. The molecule has 3 aromatic carbocycles. The highest BCUT2D eigenvalue weighted by molar-refractivity contribution is 7.92. The number of amides is 2. The average molecular weight is 637 g/mol. The van der Waals surface area contributed by atoms with Gasteiger partial charge in [-0.15, -0.1) is 0 Å². The number of ether oxygens (including phenoxy) is 1. The standard InChI is InChI=1S/C30H32Cl2FN3O5S/c1-20(30(38)34-22-6-3-4-7-22)35(18-26-27(31)8-5-9-28(26)32)29(37)19-36(23-12-10-21(33)11-13-23)42(39,40)25-16-14-24(41-2)15-17-25/h5,8-17,20,22H,3-4,6-7,18-19H2,1-2H3,(H,34,38)/t20-/m0/s1. The number of hydrogen-bond donors (Lipinski definition) is 1. The van der Waals surface area contributed by atoms with E-state index in [-0.39, 0.29) is 29.1 Å². The van der Waals surface area contributed by atoms with E-state index in [1.807, 2.05) is 0 Å². The van der Waals surface area contributed by atoms with Crippen LogP contribution in [0.25, 0.3) is 0 Å². The minimum atomic E-state index is -4.32. The summed E-state index contributed by atoms with van der Waals surface area (Å²) in [6.45, 7) is 0.757. The van der Waals surface area contributed by atoms with Crippen LogP contribution in [0.4, 0.5) is 10.1 Å². The van der Waals surface area contributed by atoms with E-state index in [1.54, 1.807) is 25.1 Å². The zero-order valence-corrected chi connectivity index (χ0v) is 25.6. The molecule has 3 aromatic rings. The van der Waals surface area contributed by atoms with E-state index < -0.39 is 34.3 Å². The van der Waals surface area contributed by atoms with Gasteiger partial charge in [-0.1, -0.05) is 42.1 Å². The van der Waals surface area contributed by atoms with Gasteiger partial charge in [-0.25, -0.2) is 12.8 Å². The summed E-state index contributed by atoms with van der Waals surface area (Å²) in [5, 5.41) is 3.60. The van der Waals surface area contributed by atoms with Gasteiger partial charge in [0.1, 0.15) is 24.2 Å². The second-order valence-corrected chi connectivity index (χ2v) is 12.7. The zero-order chi connectivity index (χ0) is 30.4. The number of anilines is 1. The topological polar surface area (TPSA) is 96.0 Å². The van der Waals surface area contributed by atoms with Crippen LogP contribution >= 0.6 is 23.2 Å². The minimum absolute atomic E-state index is 0.00645. The predicted molar refractivity (Wildman–Crippen MR) is 161 cm³/mol. The van der Waals surface area contributed by atoms with Crippen LogP contribution < -0.4 is 14.4 Å². The van der Waals surface area contributed by atoms with Gasteiger partial charge in [0.2, 0.25) is 11.8 Å². The average Bonchev–Trinajstić information content (AvgIpc) is 3.49. The Labute approximate surface area is 255 Å². The second kappa shape index (κ2) is 13.8. The van der Waals surface area contributed by atoms with Crippen molar-refractivity contribution in [3.05, 3.63) is 88.2 Å². The Morgan fingerprint density at radius 2 is 1.60 bits per heavy atom. The number of benzene rings is 3. The van der Waals surface area contributed by atoms with Crippen molar-refractivity contribution < 1.29 is 27.1 Å². The van der Waals surface area contributed by atoms with Crippen LogP contribution in [0.15, 0.2) is 71.6 Å². The molecule has 1 aliphatic rings. The zero-order valence-electron chi connectivity index (χ0n) is 23.2. The third-order valence-corrected chi connectivity index (χ3v) is 9.80. The predicted octanol–water partition coefficient (Wildman–Crippen LogP) is 5.81. The second-order valence-electron chi connectivity index (χ2n) is 10.1. The molecule has 12 heteroatoms. The molecule has 224 valence electrons. The van der Waals surface area contributed by atoms with Crippen molar-refractivity contribution in [3.8, 4) is 5.75 Å². The molecule has 0 bridgehead atoms. The van der Waals surface area contributed by atoms with Gasteiger partial charge >= 0.3 is 0 Å². The molecule has 0 spiro atoms. The monoisotopic (exact) mass is 635 g/mol. The minimum Gasteiger partial charge on any atom is -0.497 e. The summed E-state index contributed by atoms with van der Waals surface area (Å²) in [4.78, 5) is 28.5. The van der Waals surface area contributed by atoms with Crippen molar-refractivity contribution in [1.82, 2.24) is 10.2 Å². The molecule has 0 saturated heterocycles. The fourth-order valence-corrected chi connectivity index (χ4v) is 6.77. The number of nitrogens with one attached hydrogen (secondary N) is 1. The van der Waals surface area contributed by atoms with Crippen LogP contribution in [0.1, 0.15) is 38.2 Å². The van der Waals surface area contributed by atoms with Crippen molar-refractivity contribution in [2.24, 2.45) is 0 Å². The third kappa shape index (κ3) is 7.35. The Morgan fingerprint density at radius 3 is 2.17 bits per heavy atom. The smallest absolute Gasteiger partial charge is 0.264 e. The van der Waals surface area contributed by atoms with E-state index in [0.717, 1.165) is 42.1 Å². The first-order valence-electron chi connectivity index (χ1n) is 13.5. The van der Waals surface area contributed by atoms with E-state index in [2.05, 4.69) is 5.32 Å². The maximum atomic E-state index is 14.0. The molecule has 0 heterocycles. The maximum absolute atomic E-state index is 14.0. The summed E-state index contributed by atoms with van der Waals surface area (Å²) in [5.41, 5.74) is 0.486. The Kier molecular flexibility index (Phi) is 10.3. The first-order valence-corrected chi connectivity index (χ1v) is 15.7. The molecule has 0 radical (unpaired) electrons. The highest BCUT2D eigenvalue weighted by atomic mass is 35.5. The lowest BCUT2D eigenvalue weighted by molar-refractivity contribution is -0.139. The summed E-state index contributed by atoms with van der Waals surface area (Å²) in [6.07, 6.45) is 3.71. The van der Waals surface area contributed by atoms with Crippen LogP contribution in [0, 0.1) is 5.82 Å². The van der Waals surface area contributed by atoms with Crippen molar-refractivity contribution in [3.63, 3.8) is 0 Å². The van der Waals surface area contributed by atoms with Gasteiger partial charge in [-0.2, -0.15) is 0 Å². The van der Waals surface area contributed by atoms with Crippen LogP contribution in [0.5, 0.6) is 5.75 Å². The van der Waals surface area contributed by atoms with Gasteiger partial charge < -0.3 is 15.0 Å². The first-order chi connectivity index (χ1) is 20.0. The van der Waals surface area contributed by atoms with Gasteiger partial charge in [-0.3, -0.25) is 13.9 Å². The maximum Gasteiger partial charge on any atom is 0.264 e. The van der Waals surface area contributed by atoms with E-state index in [9.17, 15) is 22.4 Å². The first kappa shape index (κ1) is 31.6. The quantitative estimate of drug-likeness (QED) is 0.287. The summed E-state index contributed by atoms with van der Waals surface area (Å²) in [7, 11) is -2.86. The largest absolute Gasteiger partial charge is 0.497 e. The lowest BCUT2D eigenvalue weighted by atomic mass is 10.1. The number of hydrogen-bond acceptors (Lipinski definition) is 5. The van der Waals surface area contributed by atoms with Gasteiger partial charge in [0.25, 0.3) is 10.0 Å². The lowest BCUT2D eigenvalue weighted by Crippen LogP contribution is -2.52. The molecular weight excluding hydrogens is 604 g/mol. The molecule has 0 aliphatic heterocycles. The third-order valence-electron chi connectivity index (χ3n) is 7.30. The summed E-state index contributed by atoms with van der Waals surface area (Å²) >= 11 is 12.8. The SMILES string of the molecule is COc1ccc(S(=O)(=O)N(CC(=O)N(Cc2c(Cl)cccc2Cl)[C@@H](C)C(=O)NC2CCCC2)c2ccc(F)cc2)cc1. The molecule has 0 unspecified atom stereocenters. The van der Waals surface area contributed by atoms with Crippen molar-refractivity contribution in [1.29, 1.82) is 0 Å². The molecule has 1 N–H and O–H groups in total. The fourth-order valence-electron chi connectivity index (χ4n) is 4.84.